The number of carbonyl (C=O) groups is 1. The van der Waals surface area contributed by atoms with Gasteiger partial charge in [0.2, 0.25) is 0 Å². The average molecular weight is 306 g/mol. The van der Waals surface area contributed by atoms with Crippen molar-refractivity contribution in [2.75, 3.05) is 13.1 Å². The third-order valence-corrected chi connectivity index (χ3v) is 4.38. The van der Waals surface area contributed by atoms with E-state index in [1.165, 1.54) is 0 Å². The van der Waals surface area contributed by atoms with Gasteiger partial charge in [0.25, 0.3) is 0 Å². The van der Waals surface area contributed by atoms with Gasteiger partial charge in [-0.05, 0) is 49.8 Å². The highest BCUT2D eigenvalue weighted by Crippen LogP contribution is 2.17. The van der Waals surface area contributed by atoms with Gasteiger partial charge in [-0.3, -0.25) is 0 Å². The molecule has 0 radical (unpaired) electrons. The van der Waals surface area contributed by atoms with Crippen molar-refractivity contribution in [2.45, 2.75) is 45.3 Å². The van der Waals surface area contributed by atoms with E-state index in [-0.39, 0.29) is 23.7 Å². The fourth-order valence-electron chi connectivity index (χ4n) is 2.65. The maximum atomic E-state index is 12.2. The van der Waals surface area contributed by atoms with Gasteiger partial charge >= 0.3 is 6.03 Å². The number of phenolic OH excluding ortho intramolecular Hbond substituents is 1. The van der Waals surface area contributed by atoms with Crippen LogP contribution in [0.5, 0.6) is 5.75 Å². The van der Waals surface area contributed by atoms with Crippen molar-refractivity contribution in [3.8, 4) is 5.75 Å². The van der Waals surface area contributed by atoms with Crippen LogP contribution in [0.2, 0.25) is 0 Å². The first kappa shape index (κ1) is 16.6. The maximum Gasteiger partial charge on any atom is 0.317 e. The van der Waals surface area contributed by atoms with Crippen LogP contribution in [0.15, 0.2) is 24.3 Å². The molecule has 1 heterocycles. The number of nitrogens with zero attached hydrogens (tertiary/aromatic N) is 1. The van der Waals surface area contributed by atoms with Crippen molar-refractivity contribution in [2.24, 2.45) is 5.92 Å². The third kappa shape index (κ3) is 4.63. The van der Waals surface area contributed by atoms with Gasteiger partial charge in [-0.25, -0.2) is 4.79 Å². The normalized spacial score (nSPS) is 23.1. The lowest BCUT2D eigenvalue weighted by molar-refractivity contribution is 0.0430. The van der Waals surface area contributed by atoms with Crippen LogP contribution in [-0.2, 0) is 6.42 Å². The molecule has 2 rings (SSSR count). The number of aryl methyl sites for hydroxylation is 1. The Balaban J connectivity index is 1.75. The molecule has 2 amide bonds. The zero-order chi connectivity index (χ0) is 16.1. The van der Waals surface area contributed by atoms with Crippen molar-refractivity contribution in [3.63, 3.8) is 0 Å². The summed E-state index contributed by atoms with van der Waals surface area (Å²) in [5, 5.41) is 22.1. The van der Waals surface area contributed by atoms with Crippen LogP contribution in [-0.4, -0.2) is 46.4 Å². The number of phenols is 1. The number of benzene rings is 1. The zero-order valence-electron chi connectivity index (χ0n) is 13.3. The Kier molecular flexibility index (Phi) is 5.66. The first-order valence-corrected chi connectivity index (χ1v) is 7.97. The van der Waals surface area contributed by atoms with Crippen molar-refractivity contribution < 1.29 is 15.0 Å². The summed E-state index contributed by atoms with van der Waals surface area (Å²) in [7, 11) is 0. The van der Waals surface area contributed by atoms with Gasteiger partial charge in [0.15, 0.2) is 0 Å². The van der Waals surface area contributed by atoms with Gasteiger partial charge in [-0.15, -0.1) is 0 Å². The van der Waals surface area contributed by atoms with Gasteiger partial charge < -0.3 is 20.4 Å². The number of piperidine rings is 1. The summed E-state index contributed by atoms with van der Waals surface area (Å²) in [5.74, 6) is 0.527. The molecule has 22 heavy (non-hydrogen) atoms. The molecule has 1 aromatic carbocycles. The van der Waals surface area contributed by atoms with Crippen LogP contribution in [0, 0.1) is 5.92 Å². The van der Waals surface area contributed by atoms with E-state index in [0.29, 0.717) is 13.1 Å². The van der Waals surface area contributed by atoms with Crippen LogP contribution >= 0.6 is 0 Å². The first-order valence-electron chi connectivity index (χ1n) is 7.97. The number of β-amino-alcohol motifs (C(OH)–C–C–N with tert-alkyl or cyclic N) is 1. The molecule has 0 aliphatic carbocycles. The number of hydrogen-bond acceptors (Lipinski definition) is 3. The summed E-state index contributed by atoms with van der Waals surface area (Å²) in [4.78, 5) is 13.9. The van der Waals surface area contributed by atoms with Gasteiger partial charge in [-0.2, -0.15) is 0 Å². The molecule has 5 heteroatoms. The molecule has 1 fully saturated rings. The summed E-state index contributed by atoms with van der Waals surface area (Å²) < 4.78 is 0. The van der Waals surface area contributed by atoms with Crippen molar-refractivity contribution >= 4 is 6.03 Å². The first-order chi connectivity index (χ1) is 10.5. The van der Waals surface area contributed by atoms with Crippen molar-refractivity contribution in [3.05, 3.63) is 29.8 Å². The molecule has 1 aliphatic heterocycles. The fraction of sp³-hybridized carbons (Fsp3) is 0.588. The number of carbonyl (C=O) groups excluding carboxylic acids is 1. The number of aromatic hydroxyl groups is 1. The lowest BCUT2D eigenvalue weighted by atomic mass is 9.96. The molecule has 0 aromatic heterocycles. The quantitative estimate of drug-likeness (QED) is 0.798. The van der Waals surface area contributed by atoms with Gasteiger partial charge in [0.05, 0.1) is 6.10 Å². The second-order valence-electron chi connectivity index (χ2n) is 6.33. The standard InChI is InChI=1S/C17H26N2O3/c1-12-9-10-19(11-16(12)21)17(22)18-13(2)3-4-14-5-7-15(20)8-6-14/h5-8,12-13,16,20-21H,3-4,9-11H2,1-2H3,(H,18,22). The topological polar surface area (TPSA) is 72.8 Å². The summed E-state index contributed by atoms with van der Waals surface area (Å²) >= 11 is 0. The number of amides is 2. The highest BCUT2D eigenvalue weighted by atomic mass is 16.3. The highest BCUT2D eigenvalue weighted by Gasteiger charge is 2.27. The Morgan fingerprint density at radius 1 is 1.41 bits per heavy atom. The number of urea groups is 1. The predicted octanol–water partition coefficient (Wildman–Crippen LogP) is 2.13. The van der Waals surface area contributed by atoms with E-state index < -0.39 is 6.10 Å². The predicted molar refractivity (Wildman–Crippen MR) is 85.8 cm³/mol. The molecule has 1 aromatic rings. The lowest BCUT2D eigenvalue weighted by Gasteiger charge is -2.34. The van der Waals surface area contributed by atoms with E-state index in [0.717, 1.165) is 24.8 Å². The van der Waals surface area contributed by atoms with Crippen LogP contribution in [0.1, 0.15) is 32.3 Å². The Bertz CT molecular complexity index is 489. The number of hydrogen-bond donors (Lipinski definition) is 3. The molecule has 0 spiro atoms. The lowest BCUT2D eigenvalue weighted by Crippen LogP contribution is -2.51. The molecular formula is C17H26N2O3. The molecule has 1 saturated heterocycles. The second kappa shape index (κ2) is 7.49. The minimum Gasteiger partial charge on any atom is -0.508 e. The number of aliphatic hydroxyl groups excluding tert-OH is 1. The average Bonchev–Trinajstić information content (AvgIpc) is 2.49. The smallest absolute Gasteiger partial charge is 0.317 e. The molecule has 5 nitrogen and oxygen atoms in total. The summed E-state index contributed by atoms with van der Waals surface area (Å²) in [6.07, 6.45) is 2.10. The molecule has 3 unspecified atom stereocenters. The maximum absolute atomic E-state index is 12.2. The molecule has 1 aliphatic rings. The molecule has 3 N–H and O–H groups in total. The van der Waals surface area contributed by atoms with Gasteiger partial charge in [0, 0.05) is 19.1 Å². The monoisotopic (exact) mass is 306 g/mol. The van der Waals surface area contributed by atoms with Crippen LogP contribution < -0.4 is 5.32 Å². The fourth-order valence-corrected chi connectivity index (χ4v) is 2.65. The Morgan fingerprint density at radius 3 is 2.73 bits per heavy atom. The largest absolute Gasteiger partial charge is 0.508 e. The molecule has 122 valence electrons. The van der Waals surface area contributed by atoms with Crippen LogP contribution in [0.4, 0.5) is 4.79 Å². The van der Waals surface area contributed by atoms with E-state index in [2.05, 4.69) is 5.32 Å². The summed E-state index contributed by atoms with van der Waals surface area (Å²) in [5.41, 5.74) is 1.14. The molecule has 0 saturated carbocycles. The second-order valence-corrected chi connectivity index (χ2v) is 6.33. The summed E-state index contributed by atoms with van der Waals surface area (Å²) in [6.45, 7) is 5.12. The van der Waals surface area contributed by atoms with Crippen molar-refractivity contribution in [1.29, 1.82) is 0 Å². The van der Waals surface area contributed by atoms with Gasteiger partial charge in [-0.1, -0.05) is 19.1 Å². The van der Waals surface area contributed by atoms with E-state index in [4.69, 9.17) is 0 Å². The number of rotatable bonds is 4. The van der Waals surface area contributed by atoms with E-state index in [9.17, 15) is 15.0 Å². The van der Waals surface area contributed by atoms with E-state index >= 15 is 0 Å². The van der Waals surface area contributed by atoms with E-state index in [1.54, 1.807) is 17.0 Å². The number of likely N-dealkylation sites (tertiary alicyclic amines) is 1. The van der Waals surface area contributed by atoms with Gasteiger partial charge in [0.1, 0.15) is 5.75 Å². The van der Waals surface area contributed by atoms with Crippen LogP contribution in [0.3, 0.4) is 0 Å². The van der Waals surface area contributed by atoms with E-state index in [1.807, 2.05) is 26.0 Å². The molecule has 3 atom stereocenters. The number of aliphatic hydroxyl groups is 1. The minimum atomic E-state index is -0.424. The Labute approximate surface area is 131 Å². The summed E-state index contributed by atoms with van der Waals surface area (Å²) in [6, 6.07) is 7.12. The number of nitrogens with one attached hydrogen (secondary N) is 1. The van der Waals surface area contributed by atoms with Crippen LogP contribution in [0.25, 0.3) is 0 Å². The Morgan fingerprint density at radius 2 is 2.09 bits per heavy atom. The molecular weight excluding hydrogens is 280 g/mol. The third-order valence-electron chi connectivity index (χ3n) is 4.38. The SMILES string of the molecule is CC(CCc1ccc(O)cc1)NC(=O)N1CCC(C)C(O)C1. The van der Waals surface area contributed by atoms with Crippen molar-refractivity contribution in [1.82, 2.24) is 10.2 Å². The Hall–Kier alpha value is -1.75. The minimum absolute atomic E-state index is 0.0674. The zero-order valence-corrected chi connectivity index (χ0v) is 13.3. The molecule has 0 bridgehead atoms. The highest BCUT2D eigenvalue weighted by molar-refractivity contribution is 5.74.